The lowest BCUT2D eigenvalue weighted by Crippen LogP contribution is -2.14. The van der Waals surface area contributed by atoms with Crippen LogP contribution < -0.4 is 5.32 Å². The van der Waals surface area contributed by atoms with Crippen molar-refractivity contribution in [2.24, 2.45) is 0 Å². The summed E-state index contributed by atoms with van der Waals surface area (Å²) in [7, 11) is 0. The van der Waals surface area contributed by atoms with E-state index in [1.54, 1.807) is 19.1 Å². The van der Waals surface area contributed by atoms with E-state index >= 15 is 0 Å². The lowest BCUT2D eigenvalue weighted by Gasteiger charge is -2.17. The van der Waals surface area contributed by atoms with Crippen LogP contribution in [-0.4, -0.2) is 19.9 Å². The van der Waals surface area contributed by atoms with Crippen molar-refractivity contribution in [2.75, 3.05) is 5.32 Å². The van der Waals surface area contributed by atoms with Crippen LogP contribution in [0.5, 0.6) is 0 Å². The highest BCUT2D eigenvalue weighted by Crippen LogP contribution is 2.32. The standard InChI is InChI=1S/C21H14F4IN5/c1-11(14-8-27-20(28-9-14)21(23,24)25)31-19-16-6-13(12-2-4-15(22)5-3-12)7-17(26)18(16)29-10-30-19/h2-11H,1H3,(H,29,30,31). The molecular formula is C21H14F4IN5. The zero-order valence-electron chi connectivity index (χ0n) is 16.0. The number of anilines is 1. The predicted molar refractivity (Wildman–Crippen MR) is 117 cm³/mol. The highest BCUT2D eigenvalue weighted by molar-refractivity contribution is 14.1. The molecule has 0 spiro atoms. The summed E-state index contributed by atoms with van der Waals surface area (Å²) in [4.78, 5) is 15.5. The van der Waals surface area contributed by atoms with Crippen molar-refractivity contribution in [3.8, 4) is 11.1 Å². The molecule has 0 aliphatic carbocycles. The number of nitrogens with one attached hydrogen (secondary N) is 1. The van der Waals surface area contributed by atoms with E-state index in [1.807, 2.05) is 12.1 Å². The molecule has 1 unspecified atom stereocenters. The molecule has 5 nitrogen and oxygen atoms in total. The first-order chi connectivity index (χ1) is 14.7. The summed E-state index contributed by atoms with van der Waals surface area (Å²) in [5, 5.41) is 3.93. The average Bonchev–Trinajstić information content (AvgIpc) is 2.74. The molecule has 2 aromatic heterocycles. The van der Waals surface area contributed by atoms with Gasteiger partial charge in [-0.3, -0.25) is 0 Å². The zero-order chi connectivity index (χ0) is 22.2. The molecule has 0 aliphatic heterocycles. The number of benzene rings is 2. The van der Waals surface area contributed by atoms with E-state index in [-0.39, 0.29) is 5.82 Å². The van der Waals surface area contributed by atoms with Gasteiger partial charge in [0.2, 0.25) is 5.82 Å². The SMILES string of the molecule is CC(Nc1ncnc2c(I)cc(-c3ccc(F)cc3)cc12)c1cnc(C(F)(F)F)nc1. The van der Waals surface area contributed by atoms with Crippen molar-refractivity contribution in [1.82, 2.24) is 19.9 Å². The number of alkyl halides is 3. The largest absolute Gasteiger partial charge is 0.451 e. The van der Waals surface area contributed by atoms with Gasteiger partial charge >= 0.3 is 6.18 Å². The summed E-state index contributed by atoms with van der Waals surface area (Å²) >= 11 is 2.17. The number of fused-ring (bicyclic) bond motifs is 1. The van der Waals surface area contributed by atoms with Gasteiger partial charge in [-0.05, 0) is 64.9 Å². The second kappa shape index (κ2) is 8.33. The highest BCUT2D eigenvalue weighted by atomic mass is 127. The van der Waals surface area contributed by atoms with Crippen molar-refractivity contribution in [1.29, 1.82) is 0 Å². The molecule has 0 bridgehead atoms. The molecule has 10 heteroatoms. The number of hydrogen-bond acceptors (Lipinski definition) is 5. The first-order valence-electron chi connectivity index (χ1n) is 9.08. The molecule has 4 aromatic rings. The van der Waals surface area contributed by atoms with Crippen LogP contribution in [0.1, 0.15) is 24.4 Å². The Kier molecular flexibility index (Phi) is 5.73. The molecule has 31 heavy (non-hydrogen) atoms. The third-order valence-corrected chi connectivity index (χ3v) is 5.47. The van der Waals surface area contributed by atoms with Gasteiger partial charge < -0.3 is 5.32 Å². The molecule has 1 atom stereocenters. The normalized spacial score (nSPS) is 12.7. The summed E-state index contributed by atoms with van der Waals surface area (Å²) in [5.41, 5.74) is 2.89. The Balaban J connectivity index is 1.69. The maximum atomic E-state index is 13.3. The van der Waals surface area contributed by atoms with Gasteiger partial charge in [0, 0.05) is 26.9 Å². The van der Waals surface area contributed by atoms with Gasteiger partial charge in [-0.1, -0.05) is 12.1 Å². The lowest BCUT2D eigenvalue weighted by molar-refractivity contribution is -0.145. The molecule has 2 aromatic carbocycles. The molecule has 0 saturated carbocycles. The van der Waals surface area contributed by atoms with Crippen molar-refractivity contribution in [3.63, 3.8) is 0 Å². The first kappa shape index (κ1) is 21.3. The molecular weight excluding hydrogens is 525 g/mol. The molecule has 158 valence electrons. The summed E-state index contributed by atoms with van der Waals surface area (Å²) in [6.45, 7) is 1.77. The van der Waals surface area contributed by atoms with Gasteiger partial charge in [0.25, 0.3) is 0 Å². The van der Waals surface area contributed by atoms with Crippen molar-refractivity contribution in [2.45, 2.75) is 19.1 Å². The fourth-order valence-corrected chi connectivity index (χ4v) is 3.81. The third kappa shape index (κ3) is 4.58. The minimum absolute atomic E-state index is 0.322. The minimum Gasteiger partial charge on any atom is -0.363 e. The van der Waals surface area contributed by atoms with E-state index in [0.717, 1.165) is 38.0 Å². The zero-order valence-corrected chi connectivity index (χ0v) is 18.1. The van der Waals surface area contributed by atoms with Crippen LogP contribution in [0, 0.1) is 9.39 Å². The van der Waals surface area contributed by atoms with Gasteiger partial charge in [-0.2, -0.15) is 13.2 Å². The number of nitrogens with zero attached hydrogens (tertiary/aromatic N) is 4. The molecule has 0 amide bonds. The van der Waals surface area contributed by atoms with E-state index in [4.69, 9.17) is 0 Å². The Bertz CT molecular complexity index is 1230. The molecule has 0 radical (unpaired) electrons. The Morgan fingerprint density at radius 1 is 0.935 bits per heavy atom. The summed E-state index contributed by atoms with van der Waals surface area (Å²) in [5.74, 6) is -0.994. The first-order valence-corrected chi connectivity index (χ1v) is 10.2. The molecule has 0 fully saturated rings. The van der Waals surface area contributed by atoms with E-state index < -0.39 is 18.0 Å². The van der Waals surface area contributed by atoms with Crippen LogP contribution in [-0.2, 0) is 6.18 Å². The van der Waals surface area contributed by atoms with Gasteiger partial charge in [0.05, 0.1) is 11.6 Å². The smallest absolute Gasteiger partial charge is 0.363 e. The summed E-state index contributed by atoms with van der Waals surface area (Å²) in [6.07, 6.45) is -0.888. The van der Waals surface area contributed by atoms with E-state index in [2.05, 4.69) is 47.8 Å². The van der Waals surface area contributed by atoms with Crippen molar-refractivity contribution < 1.29 is 17.6 Å². The molecule has 4 rings (SSSR count). The van der Waals surface area contributed by atoms with Crippen LogP contribution >= 0.6 is 22.6 Å². The van der Waals surface area contributed by atoms with E-state index in [0.29, 0.717) is 11.4 Å². The van der Waals surface area contributed by atoms with Crippen molar-refractivity contribution >= 4 is 39.3 Å². The third-order valence-electron chi connectivity index (χ3n) is 4.65. The Hall–Kier alpha value is -2.89. The predicted octanol–water partition coefficient (Wildman–Crippen LogP) is 6.02. The molecule has 2 heterocycles. The van der Waals surface area contributed by atoms with Crippen LogP contribution in [0.2, 0.25) is 0 Å². The fourth-order valence-electron chi connectivity index (χ4n) is 3.05. The monoisotopic (exact) mass is 539 g/mol. The quantitative estimate of drug-likeness (QED) is 0.254. The maximum absolute atomic E-state index is 13.3. The Morgan fingerprint density at radius 3 is 2.26 bits per heavy atom. The fraction of sp³-hybridized carbons (Fsp3) is 0.143. The number of hydrogen-bond donors (Lipinski definition) is 1. The Labute approximate surface area is 188 Å². The average molecular weight is 539 g/mol. The number of rotatable bonds is 4. The van der Waals surface area contributed by atoms with E-state index in [9.17, 15) is 17.6 Å². The maximum Gasteiger partial charge on any atom is 0.451 e. The molecule has 0 saturated heterocycles. The van der Waals surface area contributed by atoms with Gasteiger partial charge in [0.1, 0.15) is 18.0 Å². The van der Waals surface area contributed by atoms with Gasteiger partial charge in [-0.15, -0.1) is 0 Å². The topological polar surface area (TPSA) is 63.6 Å². The minimum atomic E-state index is -4.59. The Morgan fingerprint density at radius 2 is 1.61 bits per heavy atom. The van der Waals surface area contributed by atoms with Crippen molar-refractivity contribution in [3.05, 3.63) is 75.9 Å². The second-order valence-corrected chi connectivity index (χ2v) is 7.95. The molecule has 0 aliphatic rings. The second-order valence-electron chi connectivity index (χ2n) is 6.79. The number of aromatic nitrogens is 4. The highest BCUT2D eigenvalue weighted by Gasteiger charge is 2.34. The lowest BCUT2D eigenvalue weighted by atomic mass is 10.0. The van der Waals surface area contributed by atoms with Crippen LogP contribution in [0.3, 0.4) is 0 Å². The van der Waals surface area contributed by atoms with Crippen LogP contribution in [0.15, 0.2) is 55.1 Å². The number of halogens is 5. The van der Waals surface area contributed by atoms with Gasteiger partial charge in [0.15, 0.2) is 0 Å². The van der Waals surface area contributed by atoms with Crippen LogP contribution in [0.25, 0.3) is 22.0 Å². The molecule has 1 N–H and O–H groups in total. The summed E-state index contributed by atoms with van der Waals surface area (Å²) < 4.78 is 52.3. The summed E-state index contributed by atoms with van der Waals surface area (Å²) in [6, 6.07) is 9.58. The van der Waals surface area contributed by atoms with E-state index in [1.165, 1.54) is 18.5 Å². The van der Waals surface area contributed by atoms with Crippen LogP contribution in [0.4, 0.5) is 23.4 Å². The van der Waals surface area contributed by atoms with Gasteiger partial charge in [-0.25, -0.2) is 24.3 Å².